The number of aryl methyl sites for hydroxylation is 1. The molecule has 102 valence electrons. The summed E-state index contributed by atoms with van der Waals surface area (Å²) in [4.78, 5) is 9.71. The van der Waals surface area contributed by atoms with Gasteiger partial charge in [0.15, 0.2) is 0 Å². The molecular formula is C13H16N2O4. The summed E-state index contributed by atoms with van der Waals surface area (Å²) in [6.45, 7) is 4.17. The van der Waals surface area contributed by atoms with Crippen LogP contribution in [0.3, 0.4) is 0 Å². The molecule has 0 radical (unpaired) electrons. The highest BCUT2D eigenvalue weighted by Gasteiger charge is 2.13. The van der Waals surface area contributed by atoms with Crippen LogP contribution in [-0.2, 0) is 14.5 Å². The van der Waals surface area contributed by atoms with Gasteiger partial charge in [-0.2, -0.15) is 4.89 Å². The molecule has 0 aliphatic rings. The Morgan fingerprint density at radius 2 is 1.95 bits per heavy atom. The molecule has 2 aromatic rings. The summed E-state index contributed by atoms with van der Waals surface area (Å²) in [5, 5.41) is 7.75. The minimum atomic E-state index is -0.548. The Bertz CT molecular complexity index is 504. The van der Waals surface area contributed by atoms with Gasteiger partial charge in [-0.15, -0.1) is 10.2 Å². The molecule has 0 fully saturated rings. The van der Waals surface area contributed by atoms with Crippen molar-refractivity contribution in [3.8, 4) is 11.5 Å². The van der Waals surface area contributed by atoms with E-state index in [0.29, 0.717) is 18.4 Å². The van der Waals surface area contributed by atoms with Gasteiger partial charge in [0, 0.05) is 24.7 Å². The van der Waals surface area contributed by atoms with Gasteiger partial charge in [0.2, 0.25) is 18.1 Å². The summed E-state index contributed by atoms with van der Waals surface area (Å²) >= 11 is 0. The molecule has 2 rings (SSSR count). The molecule has 1 heterocycles. The second-order valence-corrected chi connectivity index (χ2v) is 3.80. The van der Waals surface area contributed by atoms with Crippen LogP contribution in [0.15, 0.2) is 28.7 Å². The predicted octanol–water partition coefficient (Wildman–Crippen LogP) is 2.66. The Kier molecular flexibility index (Phi) is 4.62. The van der Waals surface area contributed by atoms with E-state index in [2.05, 4.69) is 15.1 Å². The minimum absolute atomic E-state index is 0.490. The van der Waals surface area contributed by atoms with Gasteiger partial charge in [-0.3, -0.25) is 0 Å². The fraction of sp³-hybridized carbons (Fsp3) is 0.385. The average molecular weight is 264 g/mol. The Morgan fingerprint density at radius 1 is 1.21 bits per heavy atom. The quantitative estimate of drug-likeness (QED) is 0.454. The van der Waals surface area contributed by atoms with Crippen LogP contribution >= 0.6 is 0 Å². The second kappa shape index (κ2) is 6.42. The lowest BCUT2D eigenvalue weighted by Crippen LogP contribution is -2.08. The van der Waals surface area contributed by atoms with Crippen LogP contribution in [0, 0.1) is 6.92 Å². The number of hydrogen-bond acceptors (Lipinski definition) is 6. The molecule has 0 spiro atoms. The largest absolute Gasteiger partial charge is 0.421 e. The highest BCUT2D eigenvalue weighted by Crippen LogP contribution is 2.23. The lowest BCUT2D eigenvalue weighted by molar-refractivity contribution is -0.368. The first-order chi connectivity index (χ1) is 9.24. The molecule has 0 bridgehead atoms. The monoisotopic (exact) mass is 264 g/mol. The van der Waals surface area contributed by atoms with Crippen LogP contribution in [-0.4, -0.2) is 23.9 Å². The van der Waals surface area contributed by atoms with Crippen molar-refractivity contribution in [2.45, 2.75) is 20.1 Å². The highest BCUT2D eigenvalue weighted by atomic mass is 17.2. The molecule has 0 saturated heterocycles. The number of hydrogen-bond donors (Lipinski definition) is 0. The number of rotatable bonds is 6. The summed E-state index contributed by atoms with van der Waals surface area (Å²) in [5.74, 6) is 1.03. The zero-order chi connectivity index (χ0) is 13.7. The lowest BCUT2D eigenvalue weighted by Gasteiger charge is -2.15. The smallest absolute Gasteiger partial charge is 0.247 e. The van der Waals surface area contributed by atoms with Crippen molar-refractivity contribution < 1.29 is 18.9 Å². The molecular weight excluding hydrogens is 248 g/mol. The lowest BCUT2D eigenvalue weighted by atomic mass is 10.1. The van der Waals surface area contributed by atoms with Crippen LogP contribution in [0.25, 0.3) is 11.5 Å². The second-order valence-electron chi connectivity index (χ2n) is 3.80. The van der Waals surface area contributed by atoms with Crippen molar-refractivity contribution in [3.05, 3.63) is 35.7 Å². The van der Waals surface area contributed by atoms with Crippen molar-refractivity contribution in [2.75, 3.05) is 13.7 Å². The third kappa shape index (κ3) is 3.37. The van der Waals surface area contributed by atoms with Crippen LogP contribution < -0.4 is 0 Å². The van der Waals surface area contributed by atoms with Gasteiger partial charge in [0.25, 0.3) is 0 Å². The molecule has 0 aliphatic heterocycles. The van der Waals surface area contributed by atoms with Crippen LogP contribution in [0.1, 0.15) is 24.7 Å². The zero-order valence-corrected chi connectivity index (χ0v) is 11.1. The van der Waals surface area contributed by atoms with E-state index in [0.717, 1.165) is 11.1 Å². The number of nitrogens with zero attached hydrogens (tertiary/aromatic N) is 2. The van der Waals surface area contributed by atoms with Crippen molar-refractivity contribution >= 4 is 0 Å². The minimum Gasteiger partial charge on any atom is -0.421 e. The molecule has 1 aromatic carbocycles. The van der Waals surface area contributed by atoms with E-state index in [1.54, 1.807) is 6.92 Å². The van der Waals surface area contributed by atoms with E-state index in [1.165, 1.54) is 7.11 Å². The molecule has 1 aromatic heterocycles. The average Bonchev–Trinajstić information content (AvgIpc) is 2.85. The van der Waals surface area contributed by atoms with E-state index < -0.39 is 6.29 Å². The first-order valence-corrected chi connectivity index (χ1v) is 5.96. The van der Waals surface area contributed by atoms with Crippen molar-refractivity contribution in [2.24, 2.45) is 0 Å². The standard InChI is InChI=1S/C13H16N2O4/c1-4-17-13(19-16-3)11-7-5-10(6-8-11)12-15-14-9(2)18-12/h5-8,13H,4H2,1-3H3. The summed E-state index contributed by atoms with van der Waals surface area (Å²) in [6, 6.07) is 7.48. The highest BCUT2D eigenvalue weighted by molar-refractivity contribution is 5.53. The van der Waals surface area contributed by atoms with E-state index in [4.69, 9.17) is 14.0 Å². The maximum Gasteiger partial charge on any atom is 0.247 e. The third-order valence-electron chi connectivity index (χ3n) is 2.46. The Balaban J connectivity index is 2.17. The molecule has 0 aliphatic carbocycles. The van der Waals surface area contributed by atoms with Gasteiger partial charge in [0.05, 0.1) is 7.11 Å². The molecule has 1 atom stereocenters. The Hall–Kier alpha value is -1.76. The Labute approximate surface area is 111 Å². The SMILES string of the molecule is CCOC(OOC)c1ccc(-c2nnc(C)o2)cc1. The molecule has 0 amide bonds. The number of benzene rings is 1. The van der Waals surface area contributed by atoms with Gasteiger partial charge in [0.1, 0.15) is 0 Å². The van der Waals surface area contributed by atoms with Crippen LogP contribution in [0.2, 0.25) is 0 Å². The third-order valence-corrected chi connectivity index (χ3v) is 2.46. The van der Waals surface area contributed by atoms with Crippen molar-refractivity contribution in [1.29, 1.82) is 0 Å². The van der Waals surface area contributed by atoms with Crippen LogP contribution in [0.4, 0.5) is 0 Å². The van der Waals surface area contributed by atoms with Crippen molar-refractivity contribution in [1.82, 2.24) is 10.2 Å². The van der Waals surface area contributed by atoms with Gasteiger partial charge in [-0.05, 0) is 19.1 Å². The van der Waals surface area contributed by atoms with E-state index in [1.807, 2.05) is 31.2 Å². The molecule has 6 nitrogen and oxygen atoms in total. The Morgan fingerprint density at radius 3 is 2.47 bits per heavy atom. The van der Waals surface area contributed by atoms with Gasteiger partial charge in [-0.25, -0.2) is 4.89 Å². The number of aromatic nitrogens is 2. The van der Waals surface area contributed by atoms with Crippen LogP contribution in [0.5, 0.6) is 0 Å². The summed E-state index contributed by atoms with van der Waals surface area (Å²) in [7, 11) is 1.45. The summed E-state index contributed by atoms with van der Waals surface area (Å²) in [5.41, 5.74) is 1.70. The van der Waals surface area contributed by atoms with Gasteiger partial charge < -0.3 is 9.15 Å². The normalized spacial score (nSPS) is 12.6. The zero-order valence-electron chi connectivity index (χ0n) is 11.1. The molecule has 19 heavy (non-hydrogen) atoms. The molecule has 0 N–H and O–H groups in total. The summed E-state index contributed by atoms with van der Waals surface area (Å²) < 4.78 is 10.8. The predicted molar refractivity (Wildman–Crippen MR) is 66.9 cm³/mol. The van der Waals surface area contributed by atoms with Crippen molar-refractivity contribution in [3.63, 3.8) is 0 Å². The first-order valence-electron chi connectivity index (χ1n) is 5.96. The maximum absolute atomic E-state index is 5.42. The molecule has 6 heteroatoms. The number of ether oxygens (including phenoxy) is 1. The van der Waals surface area contributed by atoms with E-state index in [-0.39, 0.29) is 0 Å². The topological polar surface area (TPSA) is 66.6 Å². The van der Waals surface area contributed by atoms with E-state index >= 15 is 0 Å². The fourth-order valence-electron chi connectivity index (χ4n) is 1.61. The molecule has 0 saturated carbocycles. The molecule has 1 unspecified atom stereocenters. The maximum atomic E-state index is 5.42. The van der Waals surface area contributed by atoms with E-state index in [9.17, 15) is 0 Å². The summed E-state index contributed by atoms with van der Waals surface area (Å²) in [6.07, 6.45) is -0.548. The first kappa shape index (κ1) is 13.7. The van der Waals surface area contributed by atoms with Gasteiger partial charge >= 0.3 is 0 Å². The van der Waals surface area contributed by atoms with Gasteiger partial charge in [-0.1, -0.05) is 12.1 Å². The fourth-order valence-corrected chi connectivity index (χ4v) is 1.61.